The molecule has 0 saturated carbocycles. The van der Waals surface area contributed by atoms with Crippen LogP contribution < -0.4 is 4.74 Å². The minimum atomic E-state index is -1.08. The van der Waals surface area contributed by atoms with E-state index in [0.29, 0.717) is 16.9 Å². The van der Waals surface area contributed by atoms with Crippen molar-refractivity contribution in [2.45, 2.75) is 38.1 Å². The van der Waals surface area contributed by atoms with Crippen molar-refractivity contribution in [1.82, 2.24) is 0 Å². The minimum Gasteiger partial charge on any atom is -0.507 e. The van der Waals surface area contributed by atoms with E-state index in [1.807, 2.05) is 0 Å². The molecule has 128 valence electrons. The highest BCUT2D eigenvalue weighted by atomic mass is 16.6. The predicted molar refractivity (Wildman–Crippen MR) is 82.6 cm³/mol. The summed E-state index contributed by atoms with van der Waals surface area (Å²) in [5.74, 6) is -1.08. The molecule has 2 N–H and O–H groups in total. The Hall–Kier alpha value is -2.54. The van der Waals surface area contributed by atoms with Crippen LogP contribution >= 0.6 is 0 Å². The summed E-state index contributed by atoms with van der Waals surface area (Å²) in [7, 11) is 1.45. The standard InChI is InChI=1S/C17H18O7/c1-8(18)23-14-7-17(2)11(6-12(14)19)10-4-9(22-3)5-13(20)15(10)16(21)24-17/h4-6,12,14,19-20H,7H2,1-3H3. The van der Waals surface area contributed by atoms with E-state index in [0.717, 1.165) is 0 Å². The van der Waals surface area contributed by atoms with Gasteiger partial charge in [-0.3, -0.25) is 4.79 Å². The van der Waals surface area contributed by atoms with Gasteiger partial charge in [-0.15, -0.1) is 0 Å². The van der Waals surface area contributed by atoms with Crippen LogP contribution in [0.2, 0.25) is 0 Å². The van der Waals surface area contributed by atoms with Crippen molar-refractivity contribution < 1.29 is 34.0 Å². The molecule has 1 aromatic rings. The highest BCUT2D eigenvalue weighted by Crippen LogP contribution is 2.47. The molecule has 0 amide bonds. The number of hydrogen-bond acceptors (Lipinski definition) is 7. The van der Waals surface area contributed by atoms with Crippen molar-refractivity contribution in [1.29, 1.82) is 0 Å². The lowest BCUT2D eigenvalue weighted by molar-refractivity contribution is -0.154. The monoisotopic (exact) mass is 334 g/mol. The Bertz CT molecular complexity index is 752. The van der Waals surface area contributed by atoms with E-state index in [2.05, 4.69) is 0 Å². The lowest BCUT2D eigenvalue weighted by atomic mass is 9.75. The van der Waals surface area contributed by atoms with Crippen LogP contribution in [-0.4, -0.2) is 47.1 Å². The smallest absolute Gasteiger partial charge is 0.343 e. The number of methoxy groups -OCH3 is 1. The lowest BCUT2D eigenvalue weighted by Gasteiger charge is -2.43. The fraction of sp³-hybridized carbons (Fsp3) is 0.412. The largest absolute Gasteiger partial charge is 0.507 e. The summed E-state index contributed by atoms with van der Waals surface area (Å²) >= 11 is 0. The first-order valence-corrected chi connectivity index (χ1v) is 7.47. The van der Waals surface area contributed by atoms with E-state index >= 15 is 0 Å². The molecule has 1 aromatic carbocycles. The number of esters is 2. The van der Waals surface area contributed by atoms with Gasteiger partial charge in [0.15, 0.2) is 0 Å². The number of rotatable bonds is 2. The van der Waals surface area contributed by atoms with Gasteiger partial charge in [0.2, 0.25) is 0 Å². The molecule has 0 bridgehead atoms. The average Bonchev–Trinajstić information content (AvgIpc) is 2.48. The molecule has 3 unspecified atom stereocenters. The van der Waals surface area contributed by atoms with Crippen LogP contribution in [0.15, 0.2) is 18.2 Å². The number of carbonyl (C=O) groups is 2. The molecule has 0 radical (unpaired) electrons. The summed E-state index contributed by atoms with van der Waals surface area (Å²) in [6.07, 6.45) is -0.260. The van der Waals surface area contributed by atoms with Crippen LogP contribution in [-0.2, 0) is 14.3 Å². The number of benzene rings is 1. The molecule has 0 saturated heterocycles. The Labute approximate surface area is 138 Å². The van der Waals surface area contributed by atoms with Gasteiger partial charge in [0, 0.05) is 30.5 Å². The predicted octanol–water partition coefficient (Wildman–Crippen LogP) is 1.41. The number of aliphatic hydroxyl groups is 1. The number of aliphatic hydroxyl groups excluding tert-OH is 1. The number of carbonyl (C=O) groups excluding carboxylic acids is 2. The molecule has 1 aliphatic carbocycles. The van der Waals surface area contributed by atoms with Crippen molar-refractivity contribution in [2.24, 2.45) is 0 Å². The molecular weight excluding hydrogens is 316 g/mol. The molecular formula is C17H18O7. The third-order valence-corrected chi connectivity index (χ3v) is 4.34. The second kappa shape index (κ2) is 5.52. The van der Waals surface area contributed by atoms with Gasteiger partial charge in [0.25, 0.3) is 0 Å². The van der Waals surface area contributed by atoms with Gasteiger partial charge in [0.1, 0.15) is 34.9 Å². The number of phenolic OH excluding ortho intramolecular Hbond substituents is 1. The normalized spacial score (nSPS) is 28.2. The second-order valence-corrected chi connectivity index (χ2v) is 6.11. The maximum Gasteiger partial charge on any atom is 0.343 e. The van der Waals surface area contributed by atoms with Gasteiger partial charge in [0.05, 0.1) is 7.11 Å². The number of aromatic hydroxyl groups is 1. The zero-order chi connectivity index (χ0) is 17.6. The molecule has 2 aliphatic rings. The second-order valence-electron chi connectivity index (χ2n) is 6.11. The Balaban J connectivity index is 2.15. The van der Waals surface area contributed by atoms with Gasteiger partial charge in [-0.05, 0) is 19.1 Å². The first-order valence-electron chi connectivity index (χ1n) is 7.47. The Morgan fingerprint density at radius 3 is 2.75 bits per heavy atom. The number of phenols is 1. The molecule has 3 rings (SSSR count). The summed E-state index contributed by atoms with van der Waals surface area (Å²) in [5, 5.41) is 20.4. The number of hydrogen-bond donors (Lipinski definition) is 2. The molecule has 0 aromatic heterocycles. The van der Waals surface area contributed by atoms with Crippen LogP contribution in [0.5, 0.6) is 11.5 Å². The molecule has 0 fully saturated rings. The average molecular weight is 334 g/mol. The van der Waals surface area contributed by atoms with Crippen molar-refractivity contribution in [3.63, 3.8) is 0 Å². The third kappa shape index (κ3) is 2.50. The summed E-state index contributed by atoms with van der Waals surface area (Å²) in [5.41, 5.74) is -0.0758. The molecule has 7 nitrogen and oxygen atoms in total. The van der Waals surface area contributed by atoms with E-state index in [1.165, 1.54) is 26.2 Å². The van der Waals surface area contributed by atoms with Crippen LogP contribution in [0.3, 0.4) is 0 Å². The van der Waals surface area contributed by atoms with E-state index in [4.69, 9.17) is 14.2 Å². The fourth-order valence-corrected chi connectivity index (χ4v) is 3.27. The van der Waals surface area contributed by atoms with Crippen molar-refractivity contribution >= 4 is 17.5 Å². The molecule has 24 heavy (non-hydrogen) atoms. The SMILES string of the molecule is COc1cc(O)c2c(c1)C1=CC(O)C(OC(C)=O)CC1(C)OC2=O. The highest BCUT2D eigenvalue weighted by Gasteiger charge is 2.48. The molecule has 1 heterocycles. The van der Waals surface area contributed by atoms with Crippen LogP contribution in [0.1, 0.15) is 36.2 Å². The maximum atomic E-state index is 12.4. The van der Waals surface area contributed by atoms with Crippen LogP contribution in [0.25, 0.3) is 5.57 Å². The Morgan fingerprint density at radius 1 is 1.42 bits per heavy atom. The van der Waals surface area contributed by atoms with Crippen molar-refractivity contribution in [3.8, 4) is 11.5 Å². The maximum absolute atomic E-state index is 12.4. The zero-order valence-corrected chi connectivity index (χ0v) is 13.5. The lowest BCUT2D eigenvalue weighted by Crippen LogP contribution is -2.48. The summed E-state index contributed by atoms with van der Waals surface area (Å²) in [6.45, 7) is 2.93. The highest BCUT2D eigenvalue weighted by molar-refractivity contribution is 6.03. The van der Waals surface area contributed by atoms with E-state index in [1.54, 1.807) is 13.0 Å². The first kappa shape index (κ1) is 16.3. The third-order valence-electron chi connectivity index (χ3n) is 4.34. The van der Waals surface area contributed by atoms with E-state index in [9.17, 15) is 19.8 Å². The number of ether oxygens (including phenoxy) is 3. The van der Waals surface area contributed by atoms with Gasteiger partial charge in [-0.25, -0.2) is 4.79 Å². The number of fused-ring (bicyclic) bond motifs is 3. The molecule has 7 heteroatoms. The minimum absolute atomic E-state index is 0.0256. The summed E-state index contributed by atoms with van der Waals surface area (Å²) < 4.78 is 15.8. The Kier molecular flexibility index (Phi) is 3.76. The molecule has 0 spiro atoms. The van der Waals surface area contributed by atoms with E-state index < -0.39 is 29.7 Å². The zero-order valence-electron chi connectivity index (χ0n) is 13.5. The molecule has 3 atom stereocenters. The Morgan fingerprint density at radius 2 is 2.12 bits per heavy atom. The topological polar surface area (TPSA) is 102 Å². The quantitative estimate of drug-likeness (QED) is 0.788. The van der Waals surface area contributed by atoms with Crippen molar-refractivity contribution in [3.05, 3.63) is 29.3 Å². The van der Waals surface area contributed by atoms with Crippen LogP contribution in [0, 0.1) is 0 Å². The summed E-state index contributed by atoms with van der Waals surface area (Å²) in [6, 6.07) is 2.93. The first-order chi connectivity index (χ1) is 11.2. The van der Waals surface area contributed by atoms with Crippen molar-refractivity contribution in [2.75, 3.05) is 7.11 Å². The van der Waals surface area contributed by atoms with Gasteiger partial charge < -0.3 is 24.4 Å². The van der Waals surface area contributed by atoms with Crippen LogP contribution in [0.4, 0.5) is 0 Å². The van der Waals surface area contributed by atoms with Gasteiger partial charge in [-0.2, -0.15) is 0 Å². The van der Waals surface area contributed by atoms with Gasteiger partial charge in [-0.1, -0.05) is 0 Å². The van der Waals surface area contributed by atoms with Gasteiger partial charge >= 0.3 is 11.9 Å². The fourth-order valence-electron chi connectivity index (χ4n) is 3.27. The van der Waals surface area contributed by atoms with E-state index in [-0.39, 0.29) is 17.7 Å². The summed E-state index contributed by atoms with van der Waals surface area (Å²) in [4.78, 5) is 23.6. The molecule has 1 aliphatic heterocycles.